The lowest BCUT2D eigenvalue weighted by atomic mass is 9.47. The second-order valence-corrected chi connectivity index (χ2v) is 9.30. The summed E-state index contributed by atoms with van der Waals surface area (Å²) >= 11 is 0. The summed E-state index contributed by atoms with van der Waals surface area (Å²) in [7, 11) is 0. The van der Waals surface area contributed by atoms with Crippen LogP contribution in [0, 0.1) is 28.6 Å². The van der Waals surface area contributed by atoms with Gasteiger partial charge in [0.05, 0.1) is 6.10 Å². The van der Waals surface area contributed by atoms with Gasteiger partial charge in [0.1, 0.15) is 0 Å². The number of rotatable bonds is 1. The van der Waals surface area contributed by atoms with Gasteiger partial charge in [-0.1, -0.05) is 19.4 Å². The molecular weight excluding hydrogens is 316 g/mol. The number of carbonyl (C=O) groups is 2. The number of nitrogens with one attached hydrogen (secondary N) is 1. The van der Waals surface area contributed by atoms with E-state index in [0.717, 1.165) is 32.1 Å². The minimum absolute atomic E-state index is 0.0383. The highest BCUT2D eigenvalue weighted by molar-refractivity contribution is 5.91. The average molecular weight is 346 g/mol. The van der Waals surface area contributed by atoms with Crippen LogP contribution in [0.1, 0.15) is 58.8 Å². The number of aliphatic hydroxyl groups excluding tert-OH is 1. The Hall–Kier alpha value is -1.36. The fourth-order valence-electron chi connectivity index (χ4n) is 7.02. The van der Waals surface area contributed by atoms with Crippen molar-refractivity contribution in [1.29, 1.82) is 0 Å². The molecule has 2 amide bonds. The second kappa shape index (κ2) is 5.57. The third kappa shape index (κ3) is 2.38. The number of urea groups is 1. The number of aliphatic hydroxyl groups is 1. The summed E-state index contributed by atoms with van der Waals surface area (Å²) in [5.41, 5.74) is 6.74. The number of ketones is 1. The van der Waals surface area contributed by atoms with E-state index in [1.165, 1.54) is 5.57 Å². The van der Waals surface area contributed by atoms with Crippen LogP contribution in [-0.2, 0) is 4.79 Å². The first-order valence-electron chi connectivity index (χ1n) is 9.73. The van der Waals surface area contributed by atoms with E-state index in [9.17, 15) is 14.7 Å². The predicted octanol–water partition coefficient (Wildman–Crippen LogP) is 2.53. The van der Waals surface area contributed by atoms with E-state index in [1.54, 1.807) is 0 Å². The van der Waals surface area contributed by atoms with Crippen LogP contribution in [0.5, 0.6) is 0 Å². The van der Waals surface area contributed by atoms with Crippen LogP contribution in [0.15, 0.2) is 11.6 Å². The number of fused-ring (bicyclic) bond motifs is 5. The summed E-state index contributed by atoms with van der Waals surface area (Å²) < 4.78 is 0. The molecule has 0 aromatic rings. The molecule has 5 heteroatoms. The van der Waals surface area contributed by atoms with Crippen molar-refractivity contribution in [3.05, 3.63) is 11.6 Å². The van der Waals surface area contributed by atoms with E-state index in [-0.39, 0.29) is 34.7 Å². The molecular formula is C20H30N2O3. The zero-order chi connectivity index (χ0) is 18.0. The van der Waals surface area contributed by atoms with E-state index < -0.39 is 6.03 Å². The second-order valence-electron chi connectivity index (χ2n) is 9.30. The Morgan fingerprint density at radius 2 is 2.04 bits per heavy atom. The lowest BCUT2D eigenvalue weighted by molar-refractivity contribution is -0.118. The molecule has 0 spiro atoms. The minimum Gasteiger partial charge on any atom is -0.393 e. The van der Waals surface area contributed by atoms with Crippen LogP contribution < -0.4 is 11.1 Å². The maximum atomic E-state index is 11.9. The van der Waals surface area contributed by atoms with Crippen LogP contribution in [0.3, 0.4) is 0 Å². The van der Waals surface area contributed by atoms with Crippen molar-refractivity contribution in [2.24, 2.45) is 34.3 Å². The minimum atomic E-state index is -0.493. The molecule has 0 heterocycles. The lowest BCUT2D eigenvalue weighted by Crippen LogP contribution is -2.55. The van der Waals surface area contributed by atoms with Gasteiger partial charge in [-0.05, 0) is 73.2 Å². The summed E-state index contributed by atoms with van der Waals surface area (Å²) in [5, 5.41) is 13.8. The third-order valence-corrected chi connectivity index (χ3v) is 8.26. The van der Waals surface area contributed by atoms with Crippen molar-refractivity contribution in [2.75, 3.05) is 0 Å². The van der Waals surface area contributed by atoms with E-state index in [4.69, 9.17) is 5.73 Å². The van der Waals surface area contributed by atoms with Gasteiger partial charge in [-0.2, -0.15) is 0 Å². The highest BCUT2D eigenvalue weighted by atomic mass is 16.3. The van der Waals surface area contributed by atoms with Gasteiger partial charge in [0, 0.05) is 12.5 Å². The van der Waals surface area contributed by atoms with E-state index in [1.807, 2.05) is 6.08 Å². The molecule has 0 radical (unpaired) electrons. The Morgan fingerprint density at radius 1 is 1.28 bits per heavy atom. The molecule has 5 nitrogen and oxygen atoms in total. The number of primary amides is 1. The number of amides is 2. The summed E-state index contributed by atoms with van der Waals surface area (Å²) in [5.74, 6) is 1.47. The van der Waals surface area contributed by atoms with Gasteiger partial charge in [0.15, 0.2) is 5.78 Å². The largest absolute Gasteiger partial charge is 0.393 e. The Balaban J connectivity index is 1.66. The summed E-state index contributed by atoms with van der Waals surface area (Å²) in [4.78, 5) is 23.3. The Morgan fingerprint density at radius 3 is 2.76 bits per heavy atom. The van der Waals surface area contributed by atoms with Gasteiger partial charge in [0.2, 0.25) is 0 Å². The van der Waals surface area contributed by atoms with Crippen LogP contribution in [0.2, 0.25) is 0 Å². The number of carbonyl (C=O) groups excluding carboxylic acids is 2. The summed E-state index contributed by atoms with van der Waals surface area (Å²) in [6, 6.07) is -0.531. The molecule has 4 rings (SSSR count). The molecule has 2 unspecified atom stereocenters. The topological polar surface area (TPSA) is 92.4 Å². The van der Waals surface area contributed by atoms with Gasteiger partial charge < -0.3 is 16.2 Å². The zero-order valence-electron chi connectivity index (χ0n) is 15.3. The molecule has 3 saturated carbocycles. The van der Waals surface area contributed by atoms with Crippen molar-refractivity contribution >= 4 is 11.8 Å². The maximum absolute atomic E-state index is 11.9. The van der Waals surface area contributed by atoms with Crippen LogP contribution >= 0.6 is 0 Å². The normalized spacial score (nSPS) is 48.8. The molecule has 0 saturated heterocycles. The molecule has 3 fully saturated rings. The standard InChI is InChI=1S/C20H30N2O3/c1-19-7-5-12(23)9-11(19)3-4-13-14(19)6-8-20(2)16(22-18(21)25)10-15(24)17(13)20/h9,13-17,24H,3-8,10H2,1-2H3,(H3,21,22,25)/t13-,14+,15?,16?,17-,19+,20-/m1/s1. The molecule has 0 aliphatic heterocycles. The molecule has 25 heavy (non-hydrogen) atoms. The molecule has 4 aliphatic rings. The summed E-state index contributed by atoms with van der Waals surface area (Å²) in [6.45, 7) is 4.56. The first-order chi connectivity index (χ1) is 11.8. The zero-order valence-corrected chi connectivity index (χ0v) is 15.3. The number of allylic oxidation sites excluding steroid dienone is 1. The van der Waals surface area contributed by atoms with Crippen LogP contribution in [0.25, 0.3) is 0 Å². The van der Waals surface area contributed by atoms with Crippen molar-refractivity contribution in [1.82, 2.24) is 5.32 Å². The monoisotopic (exact) mass is 346 g/mol. The van der Waals surface area contributed by atoms with E-state index in [2.05, 4.69) is 19.2 Å². The van der Waals surface area contributed by atoms with Crippen LogP contribution in [-0.4, -0.2) is 29.1 Å². The van der Waals surface area contributed by atoms with Gasteiger partial charge >= 0.3 is 6.03 Å². The highest BCUT2D eigenvalue weighted by Gasteiger charge is 2.62. The maximum Gasteiger partial charge on any atom is 0.312 e. The number of hydrogen-bond acceptors (Lipinski definition) is 3. The van der Waals surface area contributed by atoms with Crippen molar-refractivity contribution in [3.63, 3.8) is 0 Å². The first kappa shape index (κ1) is 17.1. The van der Waals surface area contributed by atoms with Gasteiger partial charge in [-0.15, -0.1) is 0 Å². The summed E-state index contributed by atoms with van der Waals surface area (Å²) in [6.07, 6.45) is 7.84. The molecule has 4 N–H and O–H groups in total. The Bertz CT molecular complexity index is 645. The molecule has 0 aromatic carbocycles. The number of hydrogen-bond donors (Lipinski definition) is 3. The Kier molecular flexibility index (Phi) is 3.80. The van der Waals surface area contributed by atoms with Gasteiger partial charge in [0.25, 0.3) is 0 Å². The van der Waals surface area contributed by atoms with Crippen molar-refractivity contribution in [2.45, 2.75) is 70.9 Å². The fraction of sp³-hybridized carbons (Fsp3) is 0.800. The van der Waals surface area contributed by atoms with Gasteiger partial charge in [-0.25, -0.2) is 4.79 Å². The molecule has 0 aromatic heterocycles. The molecule has 4 aliphatic carbocycles. The Labute approximate surface area is 149 Å². The van der Waals surface area contributed by atoms with Crippen molar-refractivity contribution in [3.8, 4) is 0 Å². The van der Waals surface area contributed by atoms with Crippen LogP contribution in [0.4, 0.5) is 4.79 Å². The lowest BCUT2D eigenvalue weighted by Gasteiger charge is -2.58. The van der Waals surface area contributed by atoms with E-state index in [0.29, 0.717) is 24.7 Å². The average Bonchev–Trinajstić information content (AvgIpc) is 2.78. The number of nitrogens with two attached hydrogens (primary N) is 1. The fourth-order valence-corrected chi connectivity index (χ4v) is 7.02. The van der Waals surface area contributed by atoms with Gasteiger partial charge in [-0.3, -0.25) is 4.79 Å². The molecule has 7 atom stereocenters. The third-order valence-electron chi connectivity index (χ3n) is 8.26. The predicted molar refractivity (Wildman–Crippen MR) is 94.6 cm³/mol. The molecule has 0 bridgehead atoms. The molecule has 138 valence electrons. The smallest absolute Gasteiger partial charge is 0.312 e. The quantitative estimate of drug-likeness (QED) is 0.681. The highest BCUT2D eigenvalue weighted by Crippen LogP contribution is 2.65. The first-order valence-corrected chi connectivity index (χ1v) is 9.73. The van der Waals surface area contributed by atoms with Crippen molar-refractivity contribution < 1.29 is 14.7 Å². The SMILES string of the molecule is C[C@]12CCC(=O)C=C1CC[C@@H]1[C@@H]2CC[C@]2(C)C(NC(N)=O)CC(O)[C@@H]12. The van der Waals surface area contributed by atoms with E-state index >= 15 is 0 Å².